The molecule has 8 heteroatoms. The number of methoxy groups -OCH3 is 1. The van der Waals surface area contributed by atoms with Crippen LogP contribution in [0.25, 0.3) is 0 Å². The van der Waals surface area contributed by atoms with E-state index in [4.69, 9.17) is 9.47 Å². The molecule has 3 aromatic rings. The van der Waals surface area contributed by atoms with Crippen molar-refractivity contribution in [2.75, 3.05) is 24.6 Å². The minimum absolute atomic E-state index is 0.102. The van der Waals surface area contributed by atoms with E-state index >= 15 is 0 Å². The highest BCUT2D eigenvalue weighted by Crippen LogP contribution is 2.33. The number of nitrogens with one attached hydrogen (secondary N) is 1. The van der Waals surface area contributed by atoms with E-state index in [-0.39, 0.29) is 10.9 Å². The maximum absolute atomic E-state index is 13.8. The standard InChI is InChI=1S/C28H34N2O5S/c1-6-24(22-14-17-26(34-5)21(4)18-22)29-28(31)19-30(25-10-8-9-11-27(25)35-7-2)36(32,33)23-15-12-20(3)13-16-23/h8-18,24H,6-7,19H2,1-5H3,(H,29,31)/t24-/m0/s1. The monoisotopic (exact) mass is 510 g/mol. The molecule has 36 heavy (non-hydrogen) atoms. The minimum atomic E-state index is -4.05. The third-order valence-corrected chi connectivity index (χ3v) is 7.67. The molecule has 0 unspecified atom stereocenters. The molecular formula is C28H34N2O5S. The predicted molar refractivity (Wildman–Crippen MR) is 142 cm³/mol. The van der Waals surface area contributed by atoms with Gasteiger partial charge in [-0.1, -0.05) is 48.9 Å². The van der Waals surface area contributed by atoms with Gasteiger partial charge in [0.05, 0.1) is 30.3 Å². The fraction of sp³-hybridized carbons (Fsp3) is 0.321. The van der Waals surface area contributed by atoms with Crippen LogP contribution in [0.15, 0.2) is 71.6 Å². The number of ether oxygens (including phenoxy) is 2. The van der Waals surface area contributed by atoms with Crippen LogP contribution in [0.3, 0.4) is 0 Å². The first-order valence-electron chi connectivity index (χ1n) is 12.0. The summed E-state index contributed by atoms with van der Waals surface area (Å²) in [5.74, 6) is 0.737. The van der Waals surface area contributed by atoms with Gasteiger partial charge in [-0.05, 0) is 68.7 Å². The van der Waals surface area contributed by atoms with Gasteiger partial charge in [0.15, 0.2) is 0 Å². The van der Waals surface area contributed by atoms with Crippen LogP contribution in [-0.4, -0.2) is 34.6 Å². The Labute approximate surface area is 214 Å². The molecule has 0 radical (unpaired) electrons. The van der Waals surface area contributed by atoms with Crippen LogP contribution in [0.4, 0.5) is 5.69 Å². The van der Waals surface area contributed by atoms with Crippen molar-refractivity contribution in [1.29, 1.82) is 0 Å². The number of hydrogen-bond acceptors (Lipinski definition) is 5. The number of carbonyl (C=O) groups is 1. The molecule has 0 bridgehead atoms. The van der Waals surface area contributed by atoms with Crippen molar-refractivity contribution in [3.8, 4) is 11.5 Å². The third kappa shape index (κ3) is 6.18. The van der Waals surface area contributed by atoms with E-state index < -0.39 is 22.5 Å². The van der Waals surface area contributed by atoms with Crippen LogP contribution in [-0.2, 0) is 14.8 Å². The van der Waals surface area contributed by atoms with Crippen molar-refractivity contribution < 1.29 is 22.7 Å². The number of sulfonamides is 1. The van der Waals surface area contributed by atoms with Crippen molar-refractivity contribution in [1.82, 2.24) is 5.32 Å². The van der Waals surface area contributed by atoms with E-state index in [0.29, 0.717) is 24.5 Å². The van der Waals surface area contributed by atoms with Crippen LogP contribution >= 0.6 is 0 Å². The molecule has 0 saturated heterocycles. The molecule has 0 aliphatic carbocycles. The Bertz CT molecular complexity index is 1290. The second-order valence-corrected chi connectivity index (χ2v) is 10.3. The van der Waals surface area contributed by atoms with Crippen LogP contribution in [0.2, 0.25) is 0 Å². The molecule has 0 aliphatic rings. The molecule has 192 valence electrons. The number of benzene rings is 3. The summed E-state index contributed by atoms with van der Waals surface area (Å²) in [5.41, 5.74) is 3.13. The molecule has 0 aliphatic heterocycles. The fourth-order valence-corrected chi connectivity index (χ4v) is 5.42. The van der Waals surface area contributed by atoms with Gasteiger partial charge >= 0.3 is 0 Å². The van der Waals surface area contributed by atoms with Gasteiger partial charge in [0.2, 0.25) is 5.91 Å². The van der Waals surface area contributed by atoms with Gasteiger partial charge in [-0.15, -0.1) is 0 Å². The topological polar surface area (TPSA) is 84.9 Å². The molecule has 1 amide bonds. The Morgan fingerprint density at radius 2 is 1.67 bits per heavy atom. The van der Waals surface area contributed by atoms with Crippen LogP contribution in [0, 0.1) is 13.8 Å². The van der Waals surface area contributed by atoms with Crippen LogP contribution in [0.5, 0.6) is 11.5 Å². The molecule has 1 atom stereocenters. The first-order chi connectivity index (χ1) is 17.2. The molecule has 0 heterocycles. The number of rotatable bonds is 11. The van der Waals surface area contributed by atoms with E-state index in [1.165, 1.54) is 0 Å². The van der Waals surface area contributed by atoms with Crippen LogP contribution in [0.1, 0.15) is 43.0 Å². The zero-order chi connectivity index (χ0) is 26.3. The van der Waals surface area contributed by atoms with Crippen molar-refractivity contribution in [3.63, 3.8) is 0 Å². The van der Waals surface area contributed by atoms with E-state index in [2.05, 4.69) is 5.32 Å². The minimum Gasteiger partial charge on any atom is -0.496 e. The molecular weight excluding hydrogens is 476 g/mol. The van der Waals surface area contributed by atoms with Gasteiger partial charge in [-0.25, -0.2) is 8.42 Å². The number of hydrogen-bond donors (Lipinski definition) is 1. The van der Waals surface area contributed by atoms with Gasteiger partial charge in [0.25, 0.3) is 10.0 Å². The van der Waals surface area contributed by atoms with Crippen molar-refractivity contribution in [3.05, 3.63) is 83.4 Å². The summed E-state index contributed by atoms with van der Waals surface area (Å²) >= 11 is 0. The number of nitrogens with zero attached hydrogens (tertiary/aromatic N) is 1. The fourth-order valence-electron chi connectivity index (χ4n) is 3.99. The molecule has 3 aromatic carbocycles. The Morgan fingerprint density at radius 1 is 0.972 bits per heavy atom. The van der Waals surface area contributed by atoms with E-state index in [1.54, 1.807) is 55.6 Å². The molecule has 0 saturated carbocycles. The lowest BCUT2D eigenvalue weighted by Gasteiger charge is -2.27. The summed E-state index contributed by atoms with van der Waals surface area (Å²) in [4.78, 5) is 13.4. The zero-order valence-corrected chi connectivity index (χ0v) is 22.3. The largest absolute Gasteiger partial charge is 0.496 e. The predicted octanol–water partition coefficient (Wildman–Crippen LogP) is 5.17. The number of aryl methyl sites for hydroxylation is 2. The number of anilines is 1. The van der Waals surface area contributed by atoms with Crippen LogP contribution < -0.4 is 19.1 Å². The van der Waals surface area contributed by atoms with Crippen molar-refractivity contribution >= 4 is 21.6 Å². The molecule has 3 rings (SSSR count). The van der Waals surface area contributed by atoms with E-state index in [0.717, 1.165) is 26.7 Å². The Kier molecular flexibility index (Phi) is 8.98. The highest BCUT2D eigenvalue weighted by molar-refractivity contribution is 7.92. The van der Waals surface area contributed by atoms with Gasteiger partial charge in [0, 0.05) is 0 Å². The summed E-state index contributed by atoms with van der Waals surface area (Å²) in [7, 11) is -2.44. The zero-order valence-electron chi connectivity index (χ0n) is 21.4. The first-order valence-corrected chi connectivity index (χ1v) is 13.4. The number of para-hydroxylation sites is 2. The lowest BCUT2D eigenvalue weighted by Crippen LogP contribution is -2.42. The van der Waals surface area contributed by atoms with Gasteiger partial charge in [0.1, 0.15) is 18.0 Å². The second-order valence-electron chi connectivity index (χ2n) is 8.48. The van der Waals surface area contributed by atoms with Crippen molar-refractivity contribution in [2.24, 2.45) is 0 Å². The smallest absolute Gasteiger partial charge is 0.264 e. The first kappa shape index (κ1) is 27.1. The highest BCUT2D eigenvalue weighted by atomic mass is 32.2. The second kappa shape index (κ2) is 11.9. The average Bonchev–Trinajstić information content (AvgIpc) is 2.86. The average molecular weight is 511 g/mol. The van der Waals surface area contributed by atoms with Gasteiger partial charge < -0.3 is 14.8 Å². The quantitative estimate of drug-likeness (QED) is 0.385. The number of amides is 1. The lowest BCUT2D eigenvalue weighted by molar-refractivity contribution is -0.120. The maximum Gasteiger partial charge on any atom is 0.264 e. The summed E-state index contributed by atoms with van der Waals surface area (Å²) < 4.78 is 39.7. The molecule has 0 fully saturated rings. The van der Waals surface area contributed by atoms with Crippen molar-refractivity contribution in [2.45, 2.75) is 45.1 Å². The molecule has 0 spiro atoms. The van der Waals surface area contributed by atoms with Gasteiger partial charge in [-0.2, -0.15) is 0 Å². The Morgan fingerprint density at radius 3 is 2.28 bits per heavy atom. The highest BCUT2D eigenvalue weighted by Gasteiger charge is 2.30. The Balaban J connectivity index is 1.96. The van der Waals surface area contributed by atoms with E-state index in [9.17, 15) is 13.2 Å². The third-order valence-electron chi connectivity index (χ3n) is 5.89. The van der Waals surface area contributed by atoms with E-state index in [1.807, 2.05) is 45.9 Å². The number of carbonyl (C=O) groups excluding carboxylic acids is 1. The lowest BCUT2D eigenvalue weighted by atomic mass is 10.0. The summed E-state index contributed by atoms with van der Waals surface area (Å²) in [6.45, 7) is 7.58. The maximum atomic E-state index is 13.8. The SMILES string of the molecule is CCOc1ccccc1N(CC(=O)N[C@@H](CC)c1ccc(OC)c(C)c1)S(=O)(=O)c1ccc(C)cc1. The van der Waals surface area contributed by atoms with Gasteiger partial charge in [-0.3, -0.25) is 9.10 Å². The summed E-state index contributed by atoms with van der Waals surface area (Å²) in [6, 6.07) is 18.9. The molecule has 7 nitrogen and oxygen atoms in total. The molecule has 0 aromatic heterocycles. The summed E-state index contributed by atoms with van der Waals surface area (Å²) in [5, 5.41) is 3.01. The summed E-state index contributed by atoms with van der Waals surface area (Å²) in [6.07, 6.45) is 0.637. The molecule has 1 N–H and O–H groups in total. The Hall–Kier alpha value is -3.52. The normalized spacial score (nSPS) is 12.0.